The molecule has 4 aliphatic carbocycles. The Hall–Kier alpha value is -1.88. The highest BCUT2D eigenvalue weighted by molar-refractivity contribution is 5.85. The fourth-order valence-electron chi connectivity index (χ4n) is 6.94. The van der Waals surface area contributed by atoms with E-state index in [9.17, 15) is 9.59 Å². The molecule has 5 fully saturated rings. The van der Waals surface area contributed by atoms with E-state index in [1.54, 1.807) is 0 Å². The molecule has 0 spiro atoms. The molecule has 1 heterocycles. The van der Waals surface area contributed by atoms with E-state index in [1.807, 2.05) is 35.2 Å². The Morgan fingerprint density at radius 1 is 1.03 bits per heavy atom. The van der Waals surface area contributed by atoms with Gasteiger partial charge in [-0.05, 0) is 67.3 Å². The predicted octanol–water partition coefficient (Wildman–Crippen LogP) is 3.31. The maximum Gasteiger partial charge on any atom is 0.242 e. The van der Waals surface area contributed by atoms with Crippen LogP contribution in [0.15, 0.2) is 30.3 Å². The number of nitrogens with one attached hydrogen (secondary N) is 1. The van der Waals surface area contributed by atoms with Crippen LogP contribution in [0.5, 0.6) is 0 Å². The summed E-state index contributed by atoms with van der Waals surface area (Å²) in [6.07, 6.45) is 8.36. The van der Waals surface area contributed by atoms with Crippen molar-refractivity contribution in [2.24, 2.45) is 23.2 Å². The Balaban J connectivity index is 1.12. The lowest BCUT2D eigenvalue weighted by atomic mass is 9.49. The zero-order valence-electron chi connectivity index (χ0n) is 17.1. The molecule has 4 saturated carbocycles. The summed E-state index contributed by atoms with van der Waals surface area (Å²) in [5.41, 5.74) is 1.31. The predicted molar refractivity (Wildman–Crippen MR) is 110 cm³/mol. The summed E-state index contributed by atoms with van der Waals surface area (Å²) >= 11 is 0. The Labute approximate surface area is 173 Å². The molecule has 1 unspecified atom stereocenters. The van der Waals surface area contributed by atoms with E-state index in [2.05, 4.69) is 5.32 Å². The van der Waals surface area contributed by atoms with E-state index in [4.69, 9.17) is 4.74 Å². The van der Waals surface area contributed by atoms with Crippen molar-refractivity contribution in [3.05, 3.63) is 35.9 Å². The van der Waals surface area contributed by atoms with Gasteiger partial charge >= 0.3 is 0 Å². The first kappa shape index (κ1) is 19.1. The molecule has 0 aromatic heterocycles. The molecule has 1 saturated heterocycles. The van der Waals surface area contributed by atoms with Gasteiger partial charge in [0.1, 0.15) is 6.10 Å². The fourth-order valence-corrected chi connectivity index (χ4v) is 6.94. The van der Waals surface area contributed by atoms with Crippen LogP contribution < -0.4 is 5.32 Å². The standard InChI is InChI=1S/C24H32N2O3/c27-22(14-24-11-17-8-18(12-24)10-19(9-17)13-24)25-15-23(28)26-6-7-29-21(16-26)20-4-2-1-3-5-20/h1-5,17-19,21H,6-16H2,(H,25,27). The van der Waals surface area contributed by atoms with Crippen LogP contribution in [0.4, 0.5) is 0 Å². The van der Waals surface area contributed by atoms with Crippen molar-refractivity contribution >= 4 is 11.8 Å². The van der Waals surface area contributed by atoms with Crippen molar-refractivity contribution in [3.63, 3.8) is 0 Å². The maximum absolute atomic E-state index is 12.7. The highest BCUT2D eigenvalue weighted by Gasteiger charge is 2.51. The van der Waals surface area contributed by atoms with Crippen molar-refractivity contribution in [3.8, 4) is 0 Å². The van der Waals surface area contributed by atoms with Crippen molar-refractivity contribution in [2.45, 2.75) is 51.0 Å². The Morgan fingerprint density at radius 2 is 1.69 bits per heavy atom. The molecule has 5 nitrogen and oxygen atoms in total. The minimum atomic E-state index is -0.0865. The van der Waals surface area contributed by atoms with Crippen molar-refractivity contribution in [2.75, 3.05) is 26.2 Å². The molecule has 5 heteroatoms. The first-order chi connectivity index (χ1) is 14.1. The van der Waals surface area contributed by atoms with Crippen LogP contribution in [0.2, 0.25) is 0 Å². The number of hydrogen-bond donors (Lipinski definition) is 1. The van der Waals surface area contributed by atoms with E-state index in [0.717, 1.165) is 23.3 Å². The van der Waals surface area contributed by atoms with Gasteiger partial charge in [0.2, 0.25) is 11.8 Å². The number of nitrogens with zero attached hydrogens (tertiary/aromatic N) is 1. The topological polar surface area (TPSA) is 58.6 Å². The van der Waals surface area contributed by atoms with Gasteiger partial charge in [-0.15, -0.1) is 0 Å². The fraction of sp³-hybridized carbons (Fsp3) is 0.667. The van der Waals surface area contributed by atoms with Crippen LogP contribution >= 0.6 is 0 Å². The molecule has 5 aliphatic rings. The molecule has 1 aromatic carbocycles. The van der Waals surface area contributed by atoms with Gasteiger partial charge in [-0.1, -0.05) is 30.3 Å². The molecular formula is C24H32N2O3. The average molecular weight is 397 g/mol. The number of morpholine rings is 1. The monoisotopic (exact) mass is 396 g/mol. The van der Waals surface area contributed by atoms with E-state index in [1.165, 1.54) is 38.5 Å². The van der Waals surface area contributed by atoms with Crippen molar-refractivity contribution in [1.82, 2.24) is 10.2 Å². The lowest BCUT2D eigenvalue weighted by Crippen LogP contribution is -2.49. The Bertz CT molecular complexity index is 727. The summed E-state index contributed by atoms with van der Waals surface area (Å²) in [5, 5.41) is 2.94. The van der Waals surface area contributed by atoms with E-state index in [-0.39, 0.29) is 29.9 Å². The third-order valence-corrected chi connectivity index (χ3v) is 7.73. The molecular weight excluding hydrogens is 364 g/mol. The number of benzene rings is 1. The second-order valence-corrected chi connectivity index (χ2v) is 9.98. The first-order valence-corrected chi connectivity index (χ1v) is 11.3. The third-order valence-electron chi connectivity index (χ3n) is 7.73. The normalized spacial score (nSPS) is 35.5. The second-order valence-electron chi connectivity index (χ2n) is 9.98. The molecule has 1 aliphatic heterocycles. The summed E-state index contributed by atoms with van der Waals surface area (Å²) < 4.78 is 5.85. The lowest BCUT2D eigenvalue weighted by Gasteiger charge is -2.56. The van der Waals surface area contributed by atoms with Gasteiger partial charge in [-0.2, -0.15) is 0 Å². The maximum atomic E-state index is 12.7. The van der Waals surface area contributed by atoms with E-state index < -0.39 is 0 Å². The molecule has 0 radical (unpaired) electrons. The molecule has 29 heavy (non-hydrogen) atoms. The number of hydrogen-bond acceptors (Lipinski definition) is 3. The molecule has 156 valence electrons. The summed E-state index contributed by atoms with van der Waals surface area (Å²) in [6.45, 7) is 1.78. The lowest BCUT2D eigenvalue weighted by molar-refractivity contribution is -0.140. The van der Waals surface area contributed by atoms with Crippen molar-refractivity contribution in [1.29, 1.82) is 0 Å². The number of rotatable bonds is 5. The summed E-state index contributed by atoms with van der Waals surface area (Å²) in [5.74, 6) is 2.60. The summed E-state index contributed by atoms with van der Waals surface area (Å²) in [6, 6.07) is 10.0. The van der Waals surface area contributed by atoms with Gasteiger partial charge < -0.3 is 15.0 Å². The quantitative estimate of drug-likeness (QED) is 0.831. The minimum absolute atomic E-state index is 0.00640. The molecule has 1 atom stereocenters. The highest BCUT2D eigenvalue weighted by atomic mass is 16.5. The smallest absolute Gasteiger partial charge is 0.242 e. The zero-order chi connectivity index (χ0) is 19.8. The van der Waals surface area contributed by atoms with E-state index >= 15 is 0 Å². The second kappa shape index (κ2) is 7.75. The summed E-state index contributed by atoms with van der Waals surface area (Å²) in [7, 11) is 0. The molecule has 4 bridgehead atoms. The minimum Gasteiger partial charge on any atom is -0.370 e. The van der Waals surface area contributed by atoms with Crippen molar-refractivity contribution < 1.29 is 14.3 Å². The molecule has 2 amide bonds. The molecule has 6 rings (SSSR count). The SMILES string of the molecule is O=C(CC12CC3CC(CC(C3)C1)C2)NCC(=O)N1CCOC(c2ccccc2)C1. The highest BCUT2D eigenvalue weighted by Crippen LogP contribution is 2.61. The average Bonchev–Trinajstić information content (AvgIpc) is 2.71. The van der Waals surface area contributed by atoms with Crippen LogP contribution in [0.25, 0.3) is 0 Å². The Morgan fingerprint density at radius 3 is 2.34 bits per heavy atom. The van der Waals surface area contributed by atoms with Crippen LogP contribution in [-0.2, 0) is 14.3 Å². The van der Waals surface area contributed by atoms with Gasteiger partial charge in [-0.25, -0.2) is 0 Å². The van der Waals surface area contributed by atoms with Gasteiger partial charge in [0.25, 0.3) is 0 Å². The largest absolute Gasteiger partial charge is 0.370 e. The van der Waals surface area contributed by atoms with Crippen LogP contribution in [0.3, 0.4) is 0 Å². The number of ether oxygens (including phenoxy) is 1. The van der Waals surface area contributed by atoms with Crippen LogP contribution in [-0.4, -0.2) is 43.0 Å². The number of carbonyl (C=O) groups is 2. The first-order valence-electron chi connectivity index (χ1n) is 11.3. The molecule has 1 aromatic rings. The zero-order valence-corrected chi connectivity index (χ0v) is 17.1. The Kier molecular flexibility index (Phi) is 5.10. The number of carbonyl (C=O) groups excluding carboxylic acids is 2. The van der Waals surface area contributed by atoms with Crippen LogP contribution in [0, 0.1) is 23.2 Å². The molecule has 1 N–H and O–H groups in total. The van der Waals surface area contributed by atoms with Gasteiger partial charge in [0.05, 0.1) is 19.7 Å². The van der Waals surface area contributed by atoms with Gasteiger partial charge in [-0.3, -0.25) is 9.59 Å². The van der Waals surface area contributed by atoms with Crippen LogP contribution in [0.1, 0.15) is 56.6 Å². The number of amides is 2. The summed E-state index contributed by atoms with van der Waals surface area (Å²) in [4.78, 5) is 27.2. The van der Waals surface area contributed by atoms with Gasteiger partial charge in [0.15, 0.2) is 0 Å². The van der Waals surface area contributed by atoms with Gasteiger partial charge in [0, 0.05) is 13.0 Å². The van der Waals surface area contributed by atoms with E-state index in [0.29, 0.717) is 26.1 Å². The third kappa shape index (κ3) is 4.07.